The summed E-state index contributed by atoms with van der Waals surface area (Å²) in [6.45, 7) is 3.47. The Hall–Kier alpha value is -2.87. The molecule has 1 aliphatic rings. The highest BCUT2D eigenvalue weighted by Crippen LogP contribution is 2.37. The van der Waals surface area contributed by atoms with E-state index in [1.165, 1.54) is 17.5 Å². The molecule has 0 radical (unpaired) electrons. The molecule has 3 aromatic rings. The Kier molecular flexibility index (Phi) is 4.10. The fraction of sp³-hybridized carbons (Fsp3) is 0.235. The summed E-state index contributed by atoms with van der Waals surface area (Å²) < 4.78 is 17.3. The third kappa shape index (κ3) is 3.20. The van der Waals surface area contributed by atoms with Gasteiger partial charge in [-0.3, -0.25) is 10.1 Å². The lowest BCUT2D eigenvalue weighted by Gasteiger charge is -2.17. The number of amides is 1. The van der Waals surface area contributed by atoms with Crippen LogP contribution in [0.2, 0.25) is 0 Å². The first kappa shape index (κ1) is 15.6. The fourth-order valence-electron chi connectivity index (χ4n) is 2.44. The van der Waals surface area contributed by atoms with Crippen molar-refractivity contribution in [2.45, 2.75) is 6.92 Å². The second kappa shape index (κ2) is 6.56. The van der Waals surface area contributed by atoms with Crippen LogP contribution in [0.15, 0.2) is 30.5 Å². The number of anilines is 1. The summed E-state index contributed by atoms with van der Waals surface area (Å²) in [6, 6.07) is 7.05. The number of fused-ring (bicyclic) bond motifs is 2. The fourth-order valence-corrected chi connectivity index (χ4v) is 3.31. The molecule has 4 rings (SSSR count). The minimum Gasteiger partial charge on any atom is -0.486 e. The molecule has 0 saturated carbocycles. The van der Waals surface area contributed by atoms with Gasteiger partial charge < -0.3 is 14.2 Å². The molecule has 1 aliphatic heterocycles. The minimum atomic E-state index is -0.271. The SMILES string of the molecule is CCOc1ccc(C(=O)Nc2nc3cc4c(cc3s2)OCCO4)cn1. The van der Waals surface area contributed by atoms with E-state index >= 15 is 0 Å². The second-order valence-corrected chi connectivity index (χ2v) is 6.29. The third-order valence-corrected chi connectivity index (χ3v) is 4.50. The Bertz CT molecular complexity index is 881. The molecule has 128 valence electrons. The Morgan fingerprint density at radius 2 is 2.08 bits per heavy atom. The molecule has 0 saturated heterocycles. The van der Waals surface area contributed by atoms with Crippen LogP contribution in [0, 0.1) is 0 Å². The number of hydrogen-bond acceptors (Lipinski definition) is 7. The number of thiazole rings is 1. The van der Waals surface area contributed by atoms with Crippen molar-refractivity contribution in [2.75, 3.05) is 25.1 Å². The standard InChI is InChI=1S/C17H15N3O4S/c1-2-22-15-4-3-10(9-18-15)16(21)20-17-19-11-7-12-13(8-14(11)25-17)24-6-5-23-12/h3-4,7-9H,2,5-6H2,1H3,(H,19,20,21). The van der Waals surface area contributed by atoms with Crippen molar-refractivity contribution in [2.24, 2.45) is 0 Å². The topological polar surface area (TPSA) is 82.6 Å². The summed E-state index contributed by atoms with van der Waals surface area (Å²) in [5.74, 6) is 1.60. The van der Waals surface area contributed by atoms with Gasteiger partial charge in [0, 0.05) is 24.4 Å². The molecule has 0 atom stereocenters. The highest BCUT2D eigenvalue weighted by molar-refractivity contribution is 7.22. The number of hydrogen-bond donors (Lipinski definition) is 1. The highest BCUT2D eigenvalue weighted by Gasteiger charge is 2.16. The molecule has 1 aromatic carbocycles. The zero-order valence-corrected chi connectivity index (χ0v) is 14.3. The average molecular weight is 357 g/mol. The van der Waals surface area contributed by atoms with E-state index in [0.717, 1.165) is 10.2 Å². The number of carbonyl (C=O) groups is 1. The lowest BCUT2D eigenvalue weighted by molar-refractivity contribution is 0.102. The lowest BCUT2D eigenvalue weighted by Crippen LogP contribution is -2.15. The van der Waals surface area contributed by atoms with Gasteiger partial charge in [0.1, 0.15) is 13.2 Å². The maximum atomic E-state index is 12.3. The van der Waals surface area contributed by atoms with E-state index in [0.29, 0.717) is 47.9 Å². The van der Waals surface area contributed by atoms with E-state index < -0.39 is 0 Å². The van der Waals surface area contributed by atoms with Crippen molar-refractivity contribution in [3.8, 4) is 17.4 Å². The van der Waals surface area contributed by atoms with Crippen LogP contribution >= 0.6 is 11.3 Å². The first-order valence-electron chi connectivity index (χ1n) is 7.83. The molecule has 0 fully saturated rings. The second-order valence-electron chi connectivity index (χ2n) is 5.25. The smallest absolute Gasteiger partial charge is 0.259 e. The Morgan fingerprint density at radius 1 is 1.28 bits per heavy atom. The first-order chi connectivity index (χ1) is 12.2. The molecule has 2 aromatic heterocycles. The Morgan fingerprint density at radius 3 is 2.80 bits per heavy atom. The number of benzene rings is 1. The molecule has 0 unspecified atom stereocenters. The molecule has 7 nitrogen and oxygen atoms in total. The Balaban J connectivity index is 1.54. The van der Waals surface area contributed by atoms with Gasteiger partial charge in [-0.15, -0.1) is 0 Å². The van der Waals surface area contributed by atoms with Crippen LogP contribution in [0.3, 0.4) is 0 Å². The van der Waals surface area contributed by atoms with Crippen molar-refractivity contribution >= 4 is 32.6 Å². The van der Waals surface area contributed by atoms with E-state index in [-0.39, 0.29) is 5.91 Å². The summed E-state index contributed by atoms with van der Waals surface area (Å²) in [7, 11) is 0. The van der Waals surface area contributed by atoms with Gasteiger partial charge in [-0.2, -0.15) is 0 Å². The van der Waals surface area contributed by atoms with Crippen LogP contribution in [0.1, 0.15) is 17.3 Å². The molecular formula is C17H15N3O4S. The minimum absolute atomic E-state index is 0.271. The predicted octanol–water partition coefficient (Wildman–Crippen LogP) is 3.11. The molecule has 8 heteroatoms. The lowest BCUT2D eigenvalue weighted by atomic mass is 10.2. The third-order valence-electron chi connectivity index (χ3n) is 3.56. The van der Waals surface area contributed by atoms with Crippen molar-refractivity contribution in [1.29, 1.82) is 0 Å². The van der Waals surface area contributed by atoms with Gasteiger partial charge in [-0.25, -0.2) is 9.97 Å². The zero-order chi connectivity index (χ0) is 17.2. The van der Waals surface area contributed by atoms with Crippen LogP contribution in [0.25, 0.3) is 10.2 Å². The van der Waals surface area contributed by atoms with Crippen LogP contribution in [-0.4, -0.2) is 35.7 Å². The highest BCUT2D eigenvalue weighted by atomic mass is 32.1. The van der Waals surface area contributed by atoms with Crippen LogP contribution in [-0.2, 0) is 0 Å². The molecule has 3 heterocycles. The number of nitrogens with zero attached hydrogens (tertiary/aromatic N) is 2. The van der Waals surface area contributed by atoms with Gasteiger partial charge in [0.15, 0.2) is 16.6 Å². The van der Waals surface area contributed by atoms with Crippen LogP contribution < -0.4 is 19.5 Å². The molecule has 25 heavy (non-hydrogen) atoms. The summed E-state index contributed by atoms with van der Waals surface area (Å²) in [6.07, 6.45) is 1.48. The quantitative estimate of drug-likeness (QED) is 0.772. The number of aromatic nitrogens is 2. The maximum Gasteiger partial charge on any atom is 0.259 e. The van der Waals surface area contributed by atoms with Crippen molar-refractivity contribution in [3.63, 3.8) is 0 Å². The number of carbonyl (C=O) groups excluding carboxylic acids is 1. The zero-order valence-electron chi connectivity index (χ0n) is 13.4. The Labute approximate surface area is 147 Å². The van der Waals surface area contributed by atoms with Crippen LogP contribution in [0.5, 0.6) is 17.4 Å². The van der Waals surface area contributed by atoms with Crippen molar-refractivity contribution in [3.05, 3.63) is 36.0 Å². The molecule has 0 bridgehead atoms. The molecule has 1 N–H and O–H groups in total. The largest absolute Gasteiger partial charge is 0.486 e. The summed E-state index contributed by atoms with van der Waals surface area (Å²) in [4.78, 5) is 20.9. The van der Waals surface area contributed by atoms with Gasteiger partial charge in [0.05, 0.1) is 22.4 Å². The number of rotatable bonds is 4. The van der Waals surface area contributed by atoms with Gasteiger partial charge in [-0.05, 0) is 13.0 Å². The van der Waals surface area contributed by atoms with Gasteiger partial charge >= 0.3 is 0 Å². The number of nitrogens with one attached hydrogen (secondary N) is 1. The van der Waals surface area contributed by atoms with Gasteiger partial charge in [0.25, 0.3) is 5.91 Å². The summed E-state index contributed by atoms with van der Waals surface area (Å²) in [5.41, 5.74) is 1.20. The summed E-state index contributed by atoms with van der Waals surface area (Å²) in [5, 5.41) is 3.31. The average Bonchev–Trinajstić information content (AvgIpc) is 3.01. The van der Waals surface area contributed by atoms with E-state index in [4.69, 9.17) is 14.2 Å². The molecule has 0 spiro atoms. The first-order valence-corrected chi connectivity index (χ1v) is 8.65. The summed E-state index contributed by atoms with van der Waals surface area (Å²) >= 11 is 1.38. The number of pyridine rings is 1. The van der Waals surface area contributed by atoms with E-state index in [2.05, 4.69) is 15.3 Å². The van der Waals surface area contributed by atoms with E-state index in [9.17, 15) is 4.79 Å². The van der Waals surface area contributed by atoms with Crippen molar-refractivity contribution < 1.29 is 19.0 Å². The van der Waals surface area contributed by atoms with Gasteiger partial charge in [-0.1, -0.05) is 11.3 Å². The van der Waals surface area contributed by atoms with E-state index in [1.807, 2.05) is 19.1 Å². The van der Waals surface area contributed by atoms with Gasteiger partial charge in [0.2, 0.25) is 5.88 Å². The van der Waals surface area contributed by atoms with Crippen LogP contribution in [0.4, 0.5) is 5.13 Å². The normalized spacial score (nSPS) is 12.8. The van der Waals surface area contributed by atoms with E-state index in [1.54, 1.807) is 12.1 Å². The predicted molar refractivity (Wildman–Crippen MR) is 94.0 cm³/mol. The molecule has 0 aliphatic carbocycles. The maximum absolute atomic E-state index is 12.3. The molecular weight excluding hydrogens is 342 g/mol. The number of ether oxygens (including phenoxy) is 3. The monoisotopic (exact) mass is 357 g/mol. The van der Waals surface area contributed by atoms with Crippen molar-refractivity contribution in [1.82, 2.24) is 9.97 Å². The molecule has 1 amide bonds.